The molecule has 1 aromatic heterocycles. The zero-order valence-corrected chi connectivity index (χ0v) is 17.0. The molecule has 152 valence electrons. The van der Waals surface area contributed by atoms with Crippen molar-refractivity contribution in [3.8, 4) is 11.5 Å². The van der Waals surface area contributed by atoms with Crippen molar-refractivity contribution in [2.45, 2.75) is 31.8 Å². The van der Waals surface area contributed by atoms with Crippen LogP contribution < -0.4 is 14.8 Å². The quantitative estimate of drug-likeness (QED) is 0.767. The molecule has 3 rings (SSSR count). The highest BCUT2D eigenvalue weighted by Crippen LogP contribution is 2.26. The van der Waals surface area contributed by atoms with Gasteiger partial charge in [-0.3, -0.25) is 9.78 Å². The molecule has 0 aliphatic carbocycles. The molecular formula is C21H28ClN3O3. The van der Waals surface area contributed by atoms with Crippen molar-refractivity contribution in [2.75, 3.05) is 26.8 Å². The Hall–Kier alpha value is -2.31. The Balaban J connectivity index is 0.00000280. The van der Waals surface area contributed by atoms with E-state index < -0.39 is 0 Å². The number of hydrogen-bond acceptors (Lipinski definition) is 5. The van der Waals surface area contributed by atoms with E-state index in [4.69, 9.17) is 9.47 Å². The number of halogens is 1. The molecule has 0 bridgehead atoms. The highest BCUT2D eigenvalue weighted by Gasteiger charge is 2.25. The van der Waals surface area contributed by atoms with Gasteiger partial charge in [0.15, 0.2) is 18.1 Å². The van der Waals surface area contributed by atoms with Crippen LogP contribution in [0.3, 0.4) is 0 Å². The van der Waals surface area contributed by atoms with Crippen LogP contribution in [0.15, 0.2) is 48.7 Å². The maximum atomic E-state index is 13.0. The molecule has 1 fully saturated rings. The Morgan fingerprint density at radius 2 is 1.93 bits per heavy atom. The third-order valence-corrected chi connectivity index (χ3v) is 4.79. The third-order valence-electron chi connectivity index (χ3n) is 4.79. The Morgan fingerprint density at radius 3 is 2.68 bits per heavy atom. The Bertz CT molecular complexity index is 722. The summed E-state index contributed by atoms with van der Waals surface area (Å²) in [6.07, 6.45) is 4.75. The Morgan fingerprint density at radius 1 is 1.14 bits per heavy atom. The van der Waals surface area contributed by atoms with Gasteiger partial charge in [0.25, 0.3) is 5.91 Å². The van der Waals surface area contributed by atoms with Gasteiger partial charge in [-0.2, -0.15) is 0 Å². The lowest BCUT2D eigenvalue weighted by Gasteiger charge is -2.31. The fourth-order valence-corrected chi connectivity index (χ4v) is 3.36. The predicted octanol–water partition coefficient (Wildman–Crippen LogP) is 3.06. The summed E-state index contributed by atoms with van der Waals surface area (Å²) >= 11 is 0. The molecule has 1 unspecified atom stereocenters. The molecule has 0 spiro atoms. The first-order valence-electron chi connectivity index (χ1n) is 9.44. The van der Waals surface area contributed by atoms with E-state index in [2.05, 4.69) is 10.3 Å². The van der Waals surface area contributed by atoms with Crippen molar-refractivity contribution < 1.29 is 14.3 Å². The summed E-state index contributed by atoms with van der Waals surface area (Å²) < 4.78 is 11.1. The van der Waals surface area contributed by atoms with Crippen LogP contribution in [0.2, 0.25) is 0 Å². The highest BCUT2D eigenvalue weighted by atomic mass is 35.5. The van der Waals surface area contributed by atoms with Crippen LogP contribution in [-0.2, 0) is 11.3 Å². The van der Waals surface area contributed by atoms with E-state index in [0.717, 1.165) is 38.0 Å². The number of aromatic nitrogens is 1. The number of amides is 1. The number of nitrogens with one attached hydrogen (secondary N) is 1. The average molecular weight is 406 g/mol. The molecule has 0 radical (unpaired) electrons. The summed E-state index contributed by atoms with van der Waals surface area (Å²) in [4.78, 5) is 19.4. The van der Waals surface area contributed by atoms with Crippen LogP contribution in [0.25, 0.3) is 0 Å². The maximum absolute atomic E-state index is 13.0. The van der Waals surface area contributed by atoms with Crippen molar-refractivity contribution in [1.82, 2.24) is 15.2 Å². The topological polar surface area (TPSA) is 63.7 Å². The monoisotopic (exact) mass is 405 g/mol. The lowest BCUT2D eigenvalue weighted by Crippen LogP contribution is -2.43. The fraction of sp³-hybridized carbons (Fsp3) is 0.429. The van der Waals surface area contributed by atoms with Gasteiger partial charge in [0.1, 0.15) is 0 Å². The molecule has 2 heterocycles. The first-order chi connectivity index (χ1) is 13.3. The van der Waals surface area contributed by atoms with Gasteiger partial charge in [-0.15, -0.1) is 12.4 Å². The molecule has 28 heavy (non-hydrogen) atoms. The van der Waals surface area contributed by atoms with Crippen molar-refractivity contribution in [1.29, 1.82) is 0 Å². The number of hydrogen-bond donors (Lipinski definition) is 1. The zero-order chi connectivity index (χ0) is 18.9. The minimum atomic E-state index is -0.0292. The van der Waals surface area contributed by atoms with Crippen molar-refractivity contribution >= 4 is 18.3 Å². The second-order valence-electron chi connectivity index (χ2n) is 6.62. The molecule has 1 N–H and O–H groups in total. The lowest BCUT2D eigenvalue weighted by atomic mass is 10.1. The molecule has 1 aliphatic rings. The zero-order valence-electron chi connectivity index (χ0n) is 16.2. The summed E-state index contributed by atoms with van der Waals surface area (Å²) in [7, 11) is 1.59. The molecule has 1 saturated heterocycles. The molecule has 0 saturated carbocycles. The van der Waals surface area contributed by atoms with E-state index in [0.29, 0.717) is 18.0 Å². The minimum Gasteiger partial charge on any atom is -0.493 e. The first-order valence-corrected chi connectivity index (χ1v) is 9.44. The van der Waals surface area contributed by atoms with Gasteiger partial charge in [0.2, 0.25) is 0 Å². The van der Waals surface area contributed by atoms with Crippen LogP contribution in [0.4, 0.5) is 0 Å². The molecule has 6 nitrogen and oxygen atoms in total. The Labute approximate surface area is 172 Å². The lowest BCUT2D eigenvalue weighted by molar-refractivity contribution is -0.136. The predicted molar refractivity (Wildman–Crippen MR) is 111 cm³/mol. The number of pyridine rings is 1. The number of methoxy groups -OCH3 is 1. The van der Waals surface area contributed by atoms with E-state index in [-0.39, 0.29) is 31.0 Å². The van der Waals surface area contributed by atoms with E-state index in [9.17, 15) is 4.79 Å². The number of rotatable bonds is 7. The van der Waals surface area contributed by atoms with Crippen LogP contribution in [0.1, 0.15) is 25.0 Å². The molecule has 1 amide bonds. The first kappa shape index (κ1) is 22.0. The van der Waals surface area contributed by atoms with Crippen molar-refractivity contribution in [3.63, 3.8) is 0 Å². The number of nitrogens with zero attached hydrogens (tertiary/aromatic N) is 2. The summed E-state index contributed by atoms with van der Waals surface area (Å²) in [6.45, 7) is 2.40. The summed E-state index contributed by atoms with van der Waals surface area (Å²) in [5.41, 5.74) is 0.889. The van der Waals surface area contributed by atoms with Crippen LogP contribution in [0.5, 0.6) is 11.5 Å². The fourth-order valence-electron chi connectivity index (χ4n) is 3.36. The SMILES string of the molecule is COc1ccccc1OCC(=O)N(Cc1ccccn1)C1CCCNCC1.Cl. The van der Waals surface area contributed by atoms with E-state index in [1.807, 2.05) is 47.4 Å². The Kier molecular flexibility index (Phi) is 9.04. The third kappa shape index (κ3) is 6.11. The number of carbonyl (C=O) groups is 1. The van der Waals surface area contributed by atoms with Gasteiger partial charge in [0.05, 0.1) is 19.3 Å². The second-order valence-corrected chi connectivity index (χ2v) is 6.62. The van der Waals surface area contributed by atoms with Crippen molar-refractivity contribution in [2.24, 2.45) is 0 Å². The van der Waals surface area contributed by atoms with Crippen LogP contribution in [0, 0.1) is 0 Å². The average Bonchev–Trinajstić information content (AvgIpc) is 3.00. The van der Waals surface area contributed by atoms with Crippen molar-refractivity contribution in [3.05, 3.63) is 54.4 Å². The second kappa shape index (κ2) is 11.5. The normalized spacial score (nSPS) is 16.4. The highest BCUT2D eigenvalue weighted by molar-refractivity contribution is 5.85. The van der Waals surface area contributed by atoms with E-state index in [1.165, 1.54) is 0 Å². The molecule has 7 heteroatoms. The standard InChI is InChI=1S/C21H27N3O3.ClH/c1-26-19-9-2-3-10-20(19)27-16-21(25)24(15-17-7-4-5-13-23-17)18-8-6-12-22-14-11-18;/h2-5,7,9-10,13,18,22H,6,8,11-12,14-16H2,1H3;1H. The summed E-state index contributed by atoms with van der Waals surface area (Å²) in [5.74, 6) is 1.17. The number of benzene rings is 1. The minimum absolute atomic E-state index is 0. The van der Waals surface area contributed by atoms with Crippen LogP contribution in [-0.4, -0.2) is 48.6 Å². The molecular weight excluding hydrogens is 378 g/mol. The number of ether oxygens (including phenoxy) is 2. The molecule has 2 aromatic rings. The van der Waals surface area contributed by atoms with Gasteiger partial charge < -0.3 is 19.7 Å². The summed E-state index contributed by atoms with van der Waals surface area (Å²) in [6, 6.07) is 13.4. The van der Waals surface area contributed by atoms with Gasteiger partial charge >= 0.3 is 0 Å². The summed E-state index contributed by atoms with van der Waals surface area (Å²) in [5, 5.41) is 3.41. The maximum Gasteiger partial charge on any atom is 0.261 e. The molecule has 1 aliphatic heterocycles. The van der Waals surface area contributed by atoms with Gasteiger partial charge in [-0.1, -0.05) is 18.2 Å². The van der Waals surface area contributed by atoms with Gasteiger partial charge in [0, 0.05) is 12.2 Å². The van der Waals surface area contributed by atoms with Gasteiger partial charge in [-0.05, 0) is 56.6 Å². The van der Waals surface area contributed by atoms with E-state index >= 15 is 0 Å². The molecule has 1 atom stereocenters. The number of carbonyl (C=O) groups excluding carboxylic acids is 1. The van der Waals surface area contributed by atoms with Gasteiger partial charge in [-0.25, -0.2) is 0 Å². The number of para-hydroxylation sites is 2. The molecule has 1 aromatic carbocycles. The largest absolute Gasteiger partial charge is 0.493 e. The van der Waals surface area contributed by atoms with Crippen LogP contribution >= 0.6 is 12.4 Å². The van der Waals surface area contributed by atoms with E-state index in [1.54, 1.807) is 13.3 Å². The smallest absolute Gasteiger partial charge is 0.261 e.